The molecule has 0 aromatic carbocycles. The molecule has 5 nitrogen and oxygen atoms in total. The predicted octanol–water partition coefficient (Wildman–Crippen LogP) is -0.949. The molecule has 0 aliphatic carbocycles. The molecule has 0 bridgehead atoms. The van der Waals surface area contributed by atoms with E-state index in [0.717, 1.165) is 26.2 Å². The van der Waals surface area contributed by atoms with Crippen LogP contribution in [0.4, 0.5) is 0 Å². The smallest absolute Gasteiger partial charge is 0.119 e. The lowest BCUT2D eigenvalue weighted by Gasteiger charge is -2.11. The fourth-order valence-electron chi connectivity index (χ4n) is 0.808. The van der Waals surface area contributed by atoms with E-state index in [9.17, 15) is 0 Å². The lowest BCUT2D eigenvalue weighted by molar-refractivity contribution is 0.534. The monoisotopic (exact) mass is 167 g/mol. The Morgan fingerprint density at radius 3 is 1.17 bits per heavy atom. The number of nitrogens with one attached hydrogen (secondary N) is 2. The van der Waals surface area contributed by atoms with Crippen molar-refractivity contribution in [2.24, 2.45) is 0 Å². The van der Waals surface area contributed by atoms with E-state index in [1.807, 2.05) is 0 Å². The molecule has 1 fully saturated rings. The van der Waals surface area contributed by atoms with E-state index in [1.54, 1.807) is 0 Å². The number of rotatable bonds is 0. The van der Waals surface area contributed by atoms with Crippen LogP contribution in [0.5, 0.6) is 0 Å². The van der Waals surface area contributed by atoms with Gasteiger partial charge in [-0.1, -0.05) is 0 Å². The Morgan fingerprint density at radius 2 is 1.00 bits per heavy atom. The van der Waals surface area contributed by atoms with Crippen LogP contribution >= 0.6 is 0 Å². The fraction of sp³-hybridized carbons (Fsp3) is 0.571. The van der Waals surface area contributed by atoms with Gasteiger partial charge in [0.05, 0.1) is 0 Å². The molecule has 0 radical (unpaired) electrons. The number of aromatic nitrogens is 3. The van der Waals surface area contributed by atoms with Gasteiger partial charge >= 0.3 is 0 Å². The Hall–Kier alpha value is -1.07. The van der Waals surface area contributed by atoms with Crippen LogP contribution in [0, 0.1) is 0 Å². The van der Waals surface area contributed by atoms with Crippen molar-refractivity contribution in [3.05, 3.63) is 19.0 Å². The molecule has 2 rings (SSSR count). The summed E-state index contributed by atoms with van der Waals surface area (Å²) in [7, 11) is 0. The largest absolute Gasteiger partial charge is 0.314 e. The minimum absolute atomic E-state index is 1.14. The van der Waals surface area contributed by atoms with Gasteiger partial charge in [0, 0.05) is 26.2 Å². The van der Waals surface area contributed by atoms with Crippen molar-refractivity contribution in [3.8, 4) is 0 Å². The zero-order valence-corrected chi connectivity index (χ0v) is 6.90. The van der Waals surface area contributed by atoms with Gasteiger partial charge in [-0.15, -0.1) is 0 Å². The van der Waals surface area contributed by atoms with Gasteiger partial charge in [0.1, 0.15) is 19.0 Å². The van der Waals surface area contributed by atoms with E-state index >= 15 is 0 Å². The first-order valence-electron chi connectivity index (χ1n) is 3.96. The van der Waals surface area contributed by atoms with E-state index in [-0.39, 0.29) is 0 Å². The first-order valence-corrected chi connectivity index (χ1v) is 3.96. The van der Waals surface area contributed by atoms with Crippen molar-refractivity contribution in [2.75, 3.05) is 26.2 Å². The highest BCUT2D eigenvalue weighted by Gasteiger charge is 1.91. The molecule has 1 saturated heterocycles. The van der Waals surface area contributed by atoms with Crippen LogP contribution in [0.25, 0.3) is 0 Å². The van der Waals surface area contributed by atoms with Crippen LogP contribution in [0.15, 0.2) is 19.0 Å². The summed E-state index contributed by atoms with van der Waals surface area (Å²) in [4.78, 5) is 10.7. The summed E-state index contributed by atoms with van der Waals surface area (Å²) < 4.78 is 0. The summed E-state index contributed by atoms with van der Waals surface area (Å²) in [6.45, 7) is 4.56. The molecule has 0 saturated carbocycles. The fourth-order valence-corrected chi connectivity index (χ4v) is 0.808. The maximum Gasteiger partial charge on any atom is 0.119 e. The number of nitrogens with zero attached hydrogens (tertiary/aromatic N) is 3. The normalized spacial score (nSPS) is 16.0. The standard InChI is InChI=1S/C4H10N2.C3H3N3/c1-2-6-4-3-5-1;1-4-2-6-3-5-1/h5-6H,1-4H2;1-3H. The molecule has 1 aliphatic rings. The maximum atomic E-state index is 3.56. The lowest BCUT2D eigenvalue weighted by atomic mass is 10.4. The Labute approximate surface area is 71.6 Å². The molecule has 5 heteroatoms. The molecule has 0 atom stereocenters. The van der Waals surface area contributed by atoms with Gasteiger partial charge in [0.2, 0.25) is 0 Å². The molecular formula is C7H13N5. The molecule has 1 aromatic rings. The van der Waals surface area contributed by atoms with Crippen molar-refractivity contribution in [3.63, 3.8) is 0 Å². The average molecular weight is 167 g/mol. The first-order chi connectivity index (χ1) is 6.00. The van der Waals surface area contributed by atoms with Crippen LogP contribution in [-0.2, 0) is 0 Å². The van der Waals surface area contributed by atoms with E-state index in [1.165, 1.54) is 19.0 Å². The van der Waals surface area contributed by atoms with Gasteiger partial charge in [0.15, 0.2) is 0 Å². The number of piperazine rings is 1. The third-order valence-corrected chi connectivity index (χ3v) is 1.36. The molecular weight excluding hydrogens is 154 g/mol. The summed E-state index contributed by atoms with van der Waals surface area (Å²) in [5.74, 6) is 0. The van der Waals surface area contributed by atoms with Crippen LogP contribution in [0.2, 0.25) is 0 Å². The molecule has 0 unspecified atom stereocenters. The quantitative estimate of drug-likeness (QED) is 0.521. The van der Waals surface area contributed by atoms with Crippen LogP contribution in [-0.4, -0.2) is 41.1 Å². The van der Waals surface area contributed by atoms with Gasteiger partial charge < -0.3 is 10.6 Å². The Balaban J connectivity index is 0.000000120. The summed E-state index contributed by atoms with van der Waals surface area (Å²) in [5.41, 5.74) is 0. The highest BCUT2D eigenvalue weighted by molar-refractivity contribution is 4.59. The zero-order chi connectivity index (χ0) is 8.49. The average Bonchev–Trinajstić information content (AvgIpc) is 2.24. The second kappa shape index (κ2) is 6.63. The van der Waals surface area contributed by atoms with Gasteiger partial charge in [0.25, 0.3) is 0 Å². The number of hydrogen-bond acceptors (Lipinski definition) is 5. The summed E-state index contributed by atoms with van der Waals surface area (Å²) in [6, 6.07) is 0. The number of hydrogen-bond donors (Lipinski definition) is 2. The minimum atomic E-state index is 1.14. The second-order valence-electron chi connectivity index (χ2n) is 2.29. The molecule has 0 amide bonds. The highest BCUT2D eigenvalue weighted by Crippen LogP contribution is 1.65. The lowest BCUT2D eigenvalue weighted by Crippen LogP contribution is -2.39. The van der Waals surface area contributed by atoms with Crippen molar-refractivity contribution in [1.82, 2.24) is 25.6 Å². The second-order valence-corrected chi connectivity index (χ2v) is 2.29. The molecule has 2 heterocycles. The Kier molecular flexibility index (Phi) is 4.98. The topological polar surface area (TPSA) is 62.7 Å². The van der Waals surface area contributed by atoms with Crippen LogP contribution < -0.4 is 10.6 Å². The molecule has 66 valence electrons. The summed E-state index contributed by atoms with van der Waals surface area (Å²) >= 11 is 0. The van der Waals surface area contributed by atoms with E-state index in [2.05, 4.69) is 25.6 Å². The van der Waals surface area contributed by atoms with Crippen LogP contribution in [0.3, 0.4) is 0 Å². The zero-order valence-electron chi connectivity index (χ0n) is 6.90. The SMILES string of the molecule is C1CNCCN1.c1ncncn1. The summed E-state index contributed by atoms with van der Waals surface area (Å²) in [5, 5.41) is 6.44. The minimum Gasteiger partial charge on any atom is -0.314 e. The first kappa shape index (κ1) is 9.02. The third kappa shape index (κ3) is 4.70. The molecule has 1 aliphatic heterocycles. The van der Waals surface area contributed by atoms with Gasteiger partial charge in [-0.2, -0.15) is 0 Å². The highest BCUT2D eigenvalue weighted by atomic mass is 15.0. The van der Waals surface area contributed by atoms with E-state index in [0.29, 0.717) is 0 Å². The van der Waals surface area contributed by atoms with Crippen molar-refractivity contribution in [1.29, 1.82) is 0 Å². The van der Waals surface area contributed by atoms with E-state index in [4.69, 9.17) is 0 Å². The Morgan fingerprint density at radius 1 is 0.667 bits per heavy atom. The molecule has 12 heavy (non-hydrogen) atoms. The Bertz CT molecular complexity index is 136. The predicted molar refractivity (Wildman–Crippen MR) is 45.6 cm³/mol. The third-order valence-electron chi connectivity index (χ3n) is 1.36. The van der Waals surface area contributed by atoms with Crippen LogP contribution in [0.1, 0.15) is 0 Å². The molecule has 0 spiro atoms. The van der Waals surface area contributed by atoms with E-state index < -0.39 is 0 Å². The van der Waals surface area contributed by atoms with Crippen molar-refractivity contribution in [2.45, 2.75) is 0 Å². The molecule has 1 aromatic heterocycles. The van der Waals surface area contributed by atoms with Gasteiger partial charge in [-0.25, -0.2) is 15.0 Å². The van der Waals surface area contributed by atoms with Crippen molar-refractivity contribution >= 4 is 0 Å². The maximum absolute atomic E-state index is 3.56. The van der Waals surface area contributed by atoms with Gasteiger partial charge in [-0.05, 0) is 0 Å². The van der Waals surface area contributed by atoms with Gasteiger partial charge in [-0.3, -0.25) is 0 Å². The van der Waals surface area contributed by atoms with Crippen molar-refractivity contribution < 1.29 is 0 Å². The molecule has 2 N–H and O–H groups in total. The summed E-state index contributed by atoms with van der Waals surface area (Å²) in [6.07, 6.45) is 4.31.